The molecule has 20 heavy (non-hydrogen) atoms. The predicted molar refractivity (Wildman–Crippen MR) is 87.1 cm³/mol. The summed E-state index contributed by atoms with van der Waals surface area (Å²) in [6, 6.07) is 7.88. The Labute approximate surface area is 133 Å². The fourth-order valence-electron chi connectivity index (χ4n) is 2.45. The Morgan fingerprint density at radius 1 is 1.25 bits per heavy atom. The maximum Gasteiger partial charge on any atom is 0.133 e. The fourth-order valence-corrected chi connectivity index (χ4v) is 3.89. The Morgan fingerprint density at radius 3 is 2.90 bits per heavy atom. The van der Waals surface area contributed by atoms with E-state index in [0.717, 1.165) is 39.0 Å². The zero-order valence-corrected chi connectivity index (χ0v) is 13.4. The summed E-state index contributed by atoms with van der Waals surface area (Å²) >= 11 is 13.3. The summed E-state index contributed by atoms with van der Waals surface area (Å²) in [5.41, 5.74) is 2.53. The standard InChI is InChI=1S/C15H15ClN2S2/c16-11-6-2-4-8-13(11)20-9-14-17-12-7-3-1-5-10(12)15(19)18-14/h2,4,6,8H,1,3,5,7,9H2,(H,17,18,19). The van der Waals surface area contributed by atoms with Crippen molar-refractivity contribution in [3.05, 3.63) is 51.0 Å². The molecule has 0 atom stereocenters. The molecule has 0 unspecified atom stereocenters. The molecule has 0 spiro atoms. The van der Waals surface area contributed by atoms with Crippen LogP contribution in [-0.4, -0.2) is 9.97 Å². The molecule has 1 aromatic carbocycles. The second-order valence-electron chi connectivity index (χ2n) is 4.87. The molecule has 2 nitrogen and oxygen atoms in total. The molecule has 0 saturated carbocycles. The number of aromatic nitrogens is 2. The van der Waals surface area contributed by atoms with E-state index in [1.807, 2.05) is 24.3 Å². The highest BCUT2D eigenvalue weighted by Crippen LogP contribution is 2.29. The number of thioether (sulfide) groups is 1. The second kappa shape index (κ2) is 6.29. The summed E-state index contributed by atoms with van der Waals surface area (Å²) in [5.74, 6) is 1.71. The van der Waals surface area contributed by atoms with Gasteiger partial charge in [0.1, 0.15) is 10.5 Å². The van der Waals surface area contributed by atoms with E-state index in [0.29, 0.717) is 0 Å². The van der Waals surface area contributed by atoms with E-state index in [1.54, 1.807) is 11.8 Å². The Bertz CT molecular complexity index is 682. The van der Waals surface area contributed by atoms with Gasteiger partial charge in [-0.3, -0.25) is 0 Å². The molecule has 1 aromatic heterocycles. The molecule has 0 aliphatic heterocycles. The van der Waals surface area contributed by atoms with E-state index < -0.39 is 0 Å². The van der Waals surface area contributed by atoms with Gasteiger partial charge in [0.15, 0.2) is 0 Å². The highest BCUT2D eigenvalue weighted by Gasteiger charge is 2.13. The molecule has 0 saturated heterocycles. The number of halogens is 1. The minimum Gasteiger partial charge on any atom is -0.346 e. The van der Waals surface area contributed by atoms with Gasteiger partial charge in [0.25, 0.3) is 0 Å². The van der Waals surface area contributed by atoms with Crippen LogP contribution in [0.2, 0.25) is 5.02 Å². The first-order chi connectivity index (χ1) is 9.74. The van der Waals surface area contributed by atoms with Crippen molar-refractivity contribution in [3.8, 4) is 0 Å². The fraction of sp³-hybridized carbons (Fsp3) is 0.333. The smallest absolute Gasteiger partial charge is 0.133 e. The van der Waals surface area contributed by atoms with Gasteiger partial charge in [0.05, 0.1) is 10.8 Å². The van der Waals surface area contributed by atoms with Crippen LogP contribution in [0.25, 0.3) is 0 Å². The maximum absolute atomic E-state index is 6.17. The Balaban J connectivity index is 1.80. The number of fused-ring (bicyclic) bond motifs is 1. The molecule has 0 bridgehead atoms. The number of hydrogen-bond acceptors (Lipinski definition) is 3. The Morgan fingerprint density at radius 2 is 2.05 bits per heavy atom. The van der Waals surface area contributed by atoms with Crippen LogP contribution in [0.4, 0.5) is 0 Å². The Hall–Kier alpha value is -0.840. The third-order valence-corrected chi connectivity index (χ3v) is 5.32. The first-order valence-corrected chi connectivity index (χ1v) is 8.49. The van der Waals surface area contributed by atoms with Crippen molar-refractivity contribution in [2.45, 2.75) is 36.3 Å². The zero-order valence-electron chi connectivity index (χ0n) is 11.0. The van der Waals surface area contributed by atoms with E-state index >= 15 is 0 Å². The van der Waals surface area contributed by atoms with Crippen LogP contribution in [0.5, 0.6) is 0 Å². The first kappa shape index (κ1) is 14.1. The summed E-state index contributed by atoms with van der Waals surface area (Å²) < 4.78 is 0.771. The molecular formula is C15H15ClN2S2. The summed E-state index contributed by atoms with van der Waals surface area (Å²) in [6.45, 7) is 0. The van der Waals surface area contributed by atoms with Gasteiger partial charge in [0, 0.05) is 16.2 Å². The number of benzene rings is 1. The summed E-state index contributed by atoms with van der Waals surface area (Å²) in [6.07, 6.45) is 4.61. The molecule has 1 aliphatic rings. The number of aryl methyl sites for hydroxylation is 1. The average Bonchev–Trinajstić information content (AvgIpc) is 2.46. The molecule has 3 rings (SSSR count). The lowest BCUT2D eigenvalue weighted by atomic mass is 9.97. The van der Waals surface area contributed by atoms with E-state index in [-0.39, 0.29) is 0 Å². The molecular weight excluding hydrogens is 308 g/mol. The van der Waals surface area contributed by atoms with Gasteiger partial charge in [-0.05, 0) is 37.8 Å². The highest BCUT2D eigenvalue weighted by atomic mass is 35.5. The maximum atomic E-state index is 6.17. The van der Waals surface area contributed by atoms with Crippen molar-refractivity contribution in [2.75, 3.05) is 0 Å². The lowest BCUT2D eigenvalue weighted by Crippen LogP contribution is -2.09. The van der Waals surface area contributed by atoms with Gasteiger partial charge in [-0.2, -0.15) is 0 Å². The quantitative estimate of drug-likeness (QED) is 0.639. The van der Waals surface area contributed by atoms with E-state index in [2.05, 4.69) is 9.97 Å². The molecule has 1 heterocycles. The number of H-pyrrole nitrogens is 1. The van der Waals surface area contributed by atoms with Crippen molar-refractivity contribution in [2.24, 2.45) is 0 Å². The predicted octanol–water partition coefficient (Wildman–Crippen LogP) is 4.96. The molecule has 0 fully saturated rings. The minimum absolute atomic E-state index is 0.765. The monoisotopic (exact) mass is 322 g/mol. The summed E-state index contributed by atoms with van der Waals surface area (Å²) in [7, 11) is 0. The van der Waals surface area contributed by atoms with Gasteiger partial charge in [0.2, 0.25) is 0 Å². The number of rotatable bonds is 3. The number of nitrogens with zero attached hydrogens (tertiary/aromatic N) is 1. The first-order valence-electron chi connectivity index (χ1n) is 6.72. The zero-order chi connectivity index (χ0) is 13.9. The van der Waals surface area contributed by atoms with Gasteiger partial charge in [-0.1, -0.05) is 36.0 Å². The van der Waals surface area contributed by atoms with Crippen LogP contribution in [0, 0.1) is 4.64 Å². The molecule has 5 heteroatoms. The normalized spacial score (nSPS) is 14.1. The molecule has 1 N–H and O–H groups in total. The van der Waals surface area contributed by atoms with Gasteiger partial charge in [-0.25, -0.2) is 4.98 Å². The van der Waals surface area contributed by atoms with Crippen LogP contribution < -0.4 is 0 Å². The lowest BCUT2D eigenvalue weighted by molar-refractivity contribution is 0.655. The van der Waals surface area contributed by atoms with Crippen LogP contribution in [0.15, 0.2) is 29.2 Å². The second-order valence-corrected chi connectivity index (χ2v) is 6.68. The molecule has 1 aliphatic carbocycles. The highest BCUT2D eigenvalue weighted by molar-refractivity contribution is 7.98. The van der Waals surface area contributed by atoms with E-state index in [1.165, 1.54) is 24.1 Å². The molecule has 0 radical (unpaired) electrons. The van der Waals surface area contributed by atoms with Gasteiger partial charge >= 0.3 is 0 Å². The SMILES string of the molecule is S=c1nc(CSc2ccccc2Cl)[nH]c2c1CCCC2. The van der Waals surface area contributed by atoms with Crippen molar-refractivity contribution in [1.29, 1.82) is 0 Å². The number of aromatic amines is 1. The summed E-state index contributed by atoms with van der Waals surface area (Å²) in [4.78, 5) is 9.06. The van der Waals surface area contributed by atoms with Gasteiger partial charge < -0.3 is 4.98 Å². The molecule has 104 valence electrons. The molecule has 0 amide bonds. The number of nitrogens with one attached hydrogen (secondary N) is 1. The summed E-state index contributed by atoms with van der Waals surface area (Å²) in [5, 5.41) is 0.786. The van der Waals surface area contributed by atoms with Crippen molar-refractivity contribution in [1.82, 2.24) is 9.97 Å². The molecule has 2 aromatic rings. The average molecular weight is 323 g/mol. The van der Waals surface area contributed by atoms with Gasteiger partial charge in [-0.15, -0.1) is 11.8 Å². The van der Waals surface area contributed by atoms with Crippen LogP contribution in [-0.2, 0) is 18.6 Å². The van der Waals surface area contributed by atoms with Crippen LogP contribution in [0.1, 0.15) is 29.9 Å². The van der Waals surface area contributed by atoms with Crippen LogP contribution >= 0.6 is 35.6 Å². The van der Waals surface area contributed by atoms with E-state index in [4.69, 9.17) is 23.8 Å². The third kappa shape index (κ3) is 3.08. The number of hydrogen-bond donors (Lipinski definition) is 1. The minimum atomic E-state index is 0.765. The van der Waals surface area contributed by atoms with Crippen molar-refractivity contribution < 1.29 is 0 Å². The largest absolute Gasteiger partial charge is 0.346 e. The topological polar surface area (TPSA) is 28.7 Å². The van der Waals surface area contributed by atoms with Crippen molar-refractivity contribution in [3.63, 3.8) is 0 Å². The lowest BCUT2D eigenvalue weighted by Gasteiger charge is -2.16. The Kier molecular flexibility index (Phi) is 4.44. The van der Waals surface area contributed by atoms with Crippen LogP contribution in [0.3, 0.4) is 0 Å². The van der Waals surface area contributed by atoms with Crippen molar-refractivity contribution >= 4 is 35.6 Å². The third-order valence-electron chi connectivity index (χ3n) is 3.46. The van der Waals surface area contributed by atoms with E-state index in [9.17, 15) is 0 Å².